The number of fused-ring (bicyclic) bond motifs is 1. The minimum absolute atomic E-state index is 0.222. The van der Waals surface area contributed by atoms with Gasteiger partial charge in [-0.1, -0.05) is 11.3 Å². The van der Waals surface area contributed by atoms with E-state index in [4.69, 9.17) is 14.4 Å². The third-order valence-corrected chi connectivity index (χ3v) is 7.56. The molecule has 9 nitrogen and oxygen atoms in total. The number of oxazole rings is 1. The summed E-state index contributed by atoms with van der Waals surface area (Å²) in [6.07, 6.45) is 8.99. The lowest BCUT2D eigenvalue weighted by atomic mass is 10.1. The third-order valence-electron chi connectivity index (χ3n) is 6.51. The molecule has 0 unspecified atom stereocenters. The Balaban J connectivity index is 1.31. The number of carbonyl (C=O) groups excluding carboxylic acids is 1. The van der Waals surface area contributed by atoms with E-state index in [-0.39, 0.29) is 11.6 Å². The van der Waals surface area contributed by atoms with Crippen LogP contribution in [0, 0.1) is 6.92 Å². The zero-order valence-electron chi connectivity index (χ0n) is 19.7. The Morgan fingerprint density at radius 1 is 1.00 bits per heavy atom. The Kier molecular flexibility index (Phi) is 5.81. The number of amides is 1. The largest absolute Gasteiger partial charge is 0.444 e. The average Bonchev–Trinajstić information content (AvgIpc) is 3.65. The monoisotopic (exact) mass is 489 g/mol. The highest BCUT2D eigenvalue weighted by Gasteiger charge is 2.24. The van der Waals surface area contributed by atoms with Crippen LogP contribution in [0.15, 0.2) is 35.1 Å². The van der Waals surface area contributed by atoms with E-state index < -0.39 is 0 Å². The molecule has 6 rings (SSSR count). The summed E-state index contributed by atoms with van der Waals surface area (Å²) in [4.78, 5) is 36.1. The Hall–Kier alpha value is -3.53. The van der Waals surface area contributed by atoms with E-state index in [0.717, 1.165) is 71.6 Å². The molecule has 2 fully saturated rings. The Bertz CT molecular complexity index is 1370. The van der Waals surface area contributed by atoms with Crippen LogP contribution in [0.25, 0.3) is 21.8 Å². The summed E-state index contributed by atoms with van der Waals surface area (Å²) in [6, 6.07) is 5.69. The molecule has 1 amide bonds. The fourth-order valence-electron chi connectivity index (χ4n) is 4.70. The first kappa shape index (κ1) is 22.0. The number of aromatic nitrogens is 4. The number of piperidine rings is 1. The number of carbonyl (C=O) groups is 1. The minimum atomic E-state index is -0.326. The Morgan fingerprint density at radius 2 is 1.77 bits per heavy atom. The predicted octanol–water partition coefficient (Wildman–Crippen LogP) is 4.89. The molecule has 4 aromatic rings. The summed E-state index contributed by atoms with van der Waals surface area (Å²) in [7, 11) is 0. The molecule has 35 heavy (non-hydrogen) atoms. The van der Waals surface area contributed by atoms with E-state index in [9.17, 15) is 4.79 Å². The summed E-state index contributed by atoms with van der Waals surface area (Å²) in [5.74, 6) is 0.836. The van der Waals surface area contributed by atoms with Gasteiger partial charge in [0, 0.05) is 43.6 Å². The highest BCUT2D eigenvalue weighted by atomic mass is 32.1. The molecule has 2 aliphatic heterocycles. The van der Waals surface area contributed by atoms with Gasteiger partial charge in [0.15, 0.2) is 22.3 Å². The van der Waals surface area contributed by atoms with Gasteiger partial charge in [-0.05, 0) is 57.2 Å². The van der Waals surface area contributed by atoms with Gasteiger partial charge in [0.2, 0.25) is 5.89 Å². The van der Waals surface area contributed by atoms with Gasteiger partial charge in [-0.2, -0.15) is 4.98 Å². The van der Waals surface area contributed by atoms with E-state index in [2.05, 4.69) is 25.1 Å². The van der Waals surface area contributed by atoms with Crippen molar-refractivity contribution >= 4 is 44.2 Å². The molecule has 0 radical (unpaired) electrons. The lowest BCUT2D eigenvalue weighted by Crippen LogP contribution is -2.29. The molecule has 0 aromatic carbocycles. The molecule has 0 bridgehead atoms. The van der Waals surface area contributed by atoms with Gasteiger partial charge in [-0.25, -0.2) is 9.97 Å². The van der Waals surface area contributed by atoms with Crippen LogP contribution in [0.1, 0.15) is 48.3 Å². The summed E-state index contributed by atoms with van der Waals surface area (Å²) in [6.45, 7) is 5.81. The van der Waals surface area contributed by atoms with Crippen LogP contribution in [0.2, 0.25) is 0 Å². The summed E-state index contributed by atoms with van der Waals surface area (Å²) < 4.78 is 6.57. The van der Waals surface area contributed by atoms with E-state index in [0.29, 0.717) is 11.6 Å². The molecule has 180 valence electrons. The molecule has 0 spiro atoms. The van der Waals surface area contributed by atoms with Crippen molar-refractivity contribution in [2.75, 3.05) is 41.3 Å². The minimum Gasteiger partial charge on any atom is -0.444 e. The Labute approximate surface area is 207 Å². The molecule has 1 N–H and O–H groups in total. The summed E-state index contributed by atoms with van der Waals surface area (Å²) >= 11 is 1.64. The van der Waals surface area contributed by atoms with Crippen molar-refractivity contribution in [2.45, 2.75) is 39.0 Å². The number of thiazole rings is 1. The van der Waals surface area contributed by atoms with Crippen LogP contribution in [0.5, 0.6) is 0 Å². The van der Waals surface area contributed by atoms with Gasteiger partial charge >= 0.3 is 0 Å². The molecule has 4 aromatic heterocycles. The van der Waals surface area contributed by atoms with E-state index in [1.807, 2.05) is 25.1 Å². The molecule has 2 saturated heterocycles. The number of rotatable bonds is 5. The zero-order chi connectivity index (χ0) is 23.8. The van der Waals surface area contributed by atoms with E-state index in [1.54, 1.807) is 17.5 Å². The first-order valence-electron chi connectivity index (χ1n) is 12.2. The van der Waals surface area contributed by atoms with Crippen molar-refractivity contribution in [3.05, 3.63) is 42.0 Å². The number of aryl methyl sites for hydroxylation is 1. The molecule has 6 heterocycles. The topological polar surface area (TPSA) is 100 Å². The Morgan fingerprint density at radius 3 is 2.57 bits per heavy atom. The van der Waals surface area contributed by atoms with Gasteiger partial charge in [0.05, 0.1) is 10.4 Å². The van der Waals surface area contributed by atoms with Gasteiger partial charge < -0.3 is 19.5 Å². The van der Waals surface area contributed by atoms with Crippen molar-refractivity contribution in [3.63, 3.8) is 0 Å². The van der Waals surface area contributed by atoms with Crippen molar-refractivity contribution in [1.29, 1.82) is 0 Å². The van der Waals surface area contributed by atoms with Crippen LogP contribution in [-0.4, -0.2) is 52.0 Å². The summed E-state index contributed by atoms with van der Waals surface area (Å²) in [5.41, 5.74) is 3.29. The van der Waals surface area contributed by atoms with Crippen LogP contribution >= 0.6 is 11.3 Å². The SMILES string of the molecule is Cc1cc(-c2nc(C(=O)Nc3cc4sc(N5CCCCC5)nc4nc3N3CCCC3)co2)ccn1. The highest BCUT2D eigenvalue weighted by Crippen LogP contribution is 2.36. The van der Waals surface area contributed by atoms with Gasteiger partial charge in [-0.3, -0.25) is 9.78 Å². The maximum absolute atomic E-state index is 13.2. The second-order valence-corrected chi connectivity index (χ2v) is 10.1. The average molecular weight is 490 g/mol. The normalized spacial score (nSPS) is 16.3. The maximum Gasteiger partial charge on any atom is 0.277 e. The van der Waals surface area contributed by atoms with Crippen LogP contribution < -0.4 is 15.1 Å². The number of pyridine rings is 2. The first-order chi connectivity index (χ1) is 17.1. The van der Waals surface area contributed by atoms with Crippen molar-refractivity contribution < 1.29 is 9.21 Å². The van der Waals surface area contributed by atoms with Crippen LogP contribution in [0.4, 0.5) is 16.6 Å². The smallest absolute Gasteiger partial charge is 0.277 e. The molecule has 2 aliphatic rings. The zero-order valence-corrected chi connectivity index (χ0v) is 20.5. The number of hydrogen-bond acceptors (Lipinski definition) is 9. The van der Waals surface area contributed by atoms with Crippen molar-refractivity contribution in [3.8, 4) is 11.5 Å². The fraction of sp³-hybridized carbons (Fsp3) is 0.400. The number of anilines is 3. The van der Waals surface area contributed by atoms with E-state index in [1.165, 1.54) is 25.5 Å². The third kappa shape index (κ3) is 4.45. The van der Waals surface area contributed by atoms with Crippen molar-refractivity contribution in [1.82, 2.24) is 19.9 Å². The van der Waals surface area contributed by atoms with E-state index >= 15 is 0 Å². The molecule has 0 atom stereocenters. The number of nitrogens with one attached hydrogen (secondary N) is 1. The second kappa shape index (κ2) is 9.26. The molecular formula is C25H27N7O2S. The quantitative estimate of drug-likeness (QED) is 0.423. The lowest BCUT2D eigenvalue weighted by molar-refractivity contribution is 0.102. The van der Waals surface area contributed by atoms with Gasteiger partial charge in [-0.15, -0.1) is 0 Å². The van der Waals surface area contributed by atoms with Crippen LogP contribution in [-0.2, 0) is 0 Å². The van der Waals surface area contributed by atoms with Crippen LogP contribution in [0.3, 0.4) is 0 Å². The number of nitrogens with zero attached hydrogens (tertiary/aromatic N) is 6. The first-order valence-corrected chi connectivity index (χ1v) is 13.0. The standard InChI is InChI=1S/C25H27N7O2S/c1-16-13-17(7-8-26-16)24-28-19(15-34-24)23(33)27-18-14-20-21(29-22(18)31-9-5-6-10-31)30-25(35-20)32-11-3-2-4-12-32/h7-8,13-15H,2-6,9-12H2,1H3,(H,27,33). The molecule has 0 saturated carbocycles. The lowest BCUT2D eigenvalue weighted by Gasteiger charge is -2.25. The van der Waals surface area contributed by atoms with Gasteiger partial charge in [0.25, 0.3) is 5.91 Å². The number of hydrogen-bond donors (Lipinski definition) is 1. The van der Waals surface area contributed by atoms with Gasteiger partial charge in [0.1, 0.15) is 6.26 Å². The second-order valence-electron chi connectivity index (χ2n) is 9.10. The predicted molar refractivity (Wildman–Crippen MR) is 137 cm³/mol. The highest BCUT2D eigenvalue weighted by molar-refractivity contribution is 7.22. The van der Waals surface area contributed by atoms with Crippen molar-refractivity contribution in [2.24, 2.45) is 0 Å². The maximum atomic E-state index is 13.2. The molecular weight excluding hydrogens is 462 g/mol. The fourth-order valence-corrected chi connectivity index (χ4v) is 5.70. The summed E-state index contributed by atoms with van der Waals surface area (Å²) in [5, 5.41) is 4.06. The molecule has 10 heteroatoms. The molecule has 0 aliphatic carbocycles.